The van der Waals surface area contributed by atoms with Crippen LogP contribution in [0.2, 0.25) is 0 Å². The second-order valence-corrected chi connectivity index (χ2v) is 4.69. The summed E-state index contributed by atoms with van der Waals surface area (Å²) in [6.45, 7) is 0. The van der Waals surface area contributed by atoms with Gasteiger partial charge >= 0.3 is 0 Å². The molecule has 2 aromatic rings. The zero-order valence-electron chi connectivity index (χ0n) is 8.46. The molecule has 0 aliphatic heterocycles. The minimum Gasteiger partial charge on any atom is -0.248 e. The van der Waals surface area contributed by atoms with Gasteiger partial charge in [-0.2, -0.15) is 0 Å². The van der Waals surface area contributed by atoms with Gasteiger partial charge in [0.05, 0.1) is 0 Å². The van der Waals surface area contributed by atoms with Crippen molar-refractivity contribution in [3.63, 3.8) is 0 Å². The van der Waals surface area contributed by atoms with Gasteiger partial charge < -0.3 is 0 Å². The van der Waals surface area contributed by atoms with Crippen LogP contribution in [0.3, 0.4) is 0 Å². The van der Waals surface area contributed by atoms with E-state index in [0.29, 0.717) is 20.8 Å². The quantitative estimate of drug-likeness (QED) is 0.661. The van der Waals surface area contributed by atoms with Crippen molar-refractivity contribution in [3.8, 4) is 0 Å². The molecule has 0 bridgehead atoms. The lowest BCUT2D eigenvalue weighted by molar-refractivity contribution is 0.680. The highest BCUT2D eigenvalue weighted by Gasteiger charge is 2.07. The Balaban J connectivity index is 2.32. The summed E-state index contributed by atoms with van der Waals surface area (Å²) in [6.07, 6.45) is 1.49. The van der Waals surface area contributed by atoms with E-state index in [1.54, 1.807) is 36.4 Å². The normalized spacial score (nSPS) is 12.2. The third-order valence-electron chi connectivity index (χ3n) is 2.04. The lowest BCUT2D eigenvalue weighted by Crippen LogP contribution is -2.06. The molecule has 2 rings (SSSR count). The molecule has 0 aliphatic rings. The zero-order chi connectivity index (χ0) is 11.5. The molecule has 0 aliphatic carbocycles. The Morgan fingerprint density at radius 3 is 2.12 bits per heavy atom. The largest absolute Gasteiger partial charge is 0.248 e. The molecule has 0 fully saturated rings. The van der Waals surface area contributed by atoms with Crippen molar-refractivity contribution in [3.05, 3.63) is 42.6 Å². The van der Waals surface area contributed by atoms with Crippen LogP contribution in [0, 0.1) is 0 Å². The van der Waals surface area contributed by atoms with E-state index in [2.05, 4.69) is 4.98 Å². The lowest BCUT2D eigenvalue weighted by Gasteiger charge is -2.02. The molecular formula is C11H7B2NOS. The van der Waals surface area contributed by atoms with Crippen LogP contribution in [0.5, 0.6) is 0 Å². The minimum absolute atomic E-state index is 0.485. The molecule has 0 saturated carbocycles. The first-order chi connectivity index (χ1) is 7.66. The van der Waals surface area contributed by atoms with Crippen LogP contribution in [0.1, 0.15) is 0 Å². The number of hydrogen-bond acceptors (Lipinski definition) is 2. The average molecular weight is 223 g/mol. The first-order valence-corrected chi connectivity index (χ1v) is 5.80. The molecule has 1 aromatic heterocycles. The number of hydrogen-bond donors (Lipinski definition) is 0. The van der Waals surface area contributed by atoms with Crippen LogP contribution in [-0.4, -0.2) is 24.9 Å². The van der Waals surface area contributed by atoms with E-state index < -0.39 is 10.8 Å². The van der Waals surface area contributed by atoms with E-state index in [0.717, 1.165) is 0 Å². The molecule has 74 valence electrons. The fourth-order valence-corrected chi connectivity index (χ4v) is 2.18. The van der Waals surface area contributed by atoms with E-state index in [1.807, 2.05) is 0 Å². The van der Waals surface area contributed by atoms with Gasteiger partial charge in [0.15, 0.2) is 0 Å². The van der Waals surface area contributed by atoms with Gasteiger partial charge in [-0.1, -0.05) is 29.1 Å². The second kappa shape index (κ2) is 4.66. The van der Waals surface area contributed by atoms with Crippen LogP contribution < -0.4 is 10.9 Å². The highest BCUT2D eigenvalue weighted by atomic mass is 32.2. The maximum atomic E-state index is 12.0. The zero-order valence-corrected chi connectivity index (χ0v) is 9.28. The molecule has 0 saturated heterocycles. The van der Waals surface area contributed by atoms with Gasteiger partial charge in [0.1, 0.15) is 31.5 Å². The van der Waals surface area contributed by atoms with Crippen molar-refractivity contribution in [2.24, 2.45) is 0 Å². The van der Waals surface area contributed by atoms with Crippen LogP contribution in [0.4, 0.5) is 0 Å². The van der Waals surface area contributed by atoms with E-state index >= 15 is 0 Å². The summed E-state index contributed by atoms with van der Waals surface area (Å²) in [7, 11) is 9.78. The predicted octanol–water partition coefficient (Wildman–Crippen LogP) is -0.164. The van der Waals surface area contributed by atoms with Gasteiger partial charge in [-0.3, -0.25) is 0 Å². The van der Waals surface area contributed by atoms with E-state index in [-0.39, 0.29) is 0 Å². The Hall–Kier alpha value is -1.35. The number of benzene rings is 1. The first-order valence-electron chi connectivity index (χ1n) is 4.65. The van der Waals surface area contributed by atoms with Gasteiger partial charge in [0.2, 0.25) is 0 Å². The molecule has 5 heteroatoms. The second-order valence-electron chi connectivity index (χ2n) is 3.27. The van der Waals surface area contributed by atoms with Crippen molar-refractivity contribution in [1.82, 2.24) is 4.98 Å². The molecule has 1 heterocycles. The van der Waals surface area contributed by atoms with Crippen LogP contribution >= 0.6 is 0 Å². The van der Waals surface area contributed by atoms with Gasteiger partial charge in [-0.25, -0.2) is 9.19 Å². The number of pyridine rings is 1. The third-order valence-corrected chi connectivity index (χ3v) is 3.37. The smallest absolute Gasteiger partial charge is 0.132 e. The molecule has 1 aromatic carbocycles. The SMILES string of the molecule is [B]c1ccc(S(=O)c2ccc([B])cn2)cc1. The highest BCUT2D eigenvalue weighted by molar-refractivity contribution is 7.85. The molecule has 0 amide bonds. The molecule has 16 heavy (non-hydrogen) atoms. The average Bonchev–Trinajstić information content (AvgIpc) is 2.30. The highest BCUT2D eigenvalue weighted by Crippen LogP contribution is 2.11. The predicted molar refractivity (Wildman–Crippen MR) is 66.1 cm³/mol. The molecule has 0 N–H and O–H groups in total. The molecule has 1 unspecified atom stereocenters. The fraction of sp³-hybridized carbons (Fsp3) is 0. The van der Waals surface area contributed by atoms with Crippen LogP contribution in [0.15, 0.2) is 52.5 Å². The summed E-state index contributed by atoms with van der Waals surface area (Å²) >= 11 is 0. The Morgan fingerprint density at radius 1 is 0.938 bits per heavy atom. The van der Waals surface area contributed by atoms with E-state index in [1.165, 1.54) is 6.20 Å². The third kappa shape index (κ3) is 2.42. The van der Waals surface area contributed by atoms with Crippen molar-refractivity contribution < 1.29 is 4.21 Å². The lowest BCUT2D eigenvalue weighted by atomic mass is 9.97. The fourth-order valence-electron chi connectivity index (χ4n) is 1.21. The molecule has 2 nitrogen and oxygen atoms in total. The number of nitrogens with zero attached hydrogens (tertiary/aromatic N) is 1. The standard InChI is InChI=1S/C11H7B2NOS/c12-8-1-4-10(5-2-8)16(15)11-6-3-9(13)7-14-11/h1-7H. The summed E-state index contributed by atoms with van der Waals surface area (Å²) in [5.41, 5.74) is 1.20. The van der Waals surface area contributed by atoms with E-state index in [9.17, 15) is 4.21 Å². The topological polar surface area (TPSA) is 30.0 Å². The Bertz CT molecular complexity index is 463. The van der Waals surface area contributed by atoms with Crippen molar-refractivity contribution in [1.29, 1.82) is 0 Å². The number of rotatable bonds is 2. The maximum Gasteiger partial charge on any atom is 0.132 e. The molecule has 1 atom stereocenters. The Morgan fingerprint density at radius 2 is 1.56 bits per heavy atom. The summed E-state index contributed by atoms with van der Waals surface area (Å²) in [5, 5.41) is 0.485. The Labute approximate surface area is 99.4 Å². The van der Waals surface area contributed by atoms with Crippen LogP contribution in [-0.2, 0) is 10.8 Å². The summed E-state index contributed by atoms with van der Waals surface area (Å²) in [5.74, 6) is 0. The van der Waals surface area contributed by atoms with Gasteiger partial charge in [0, 0.05) is 11.1 Å². The number of aromatic nitrogens is 1. The van der Waals surface area contributed by atoms with Crippen LogP contribution in [0.25, 0.3) is 0 Å². The molecule has 0 spiro atoms. The van der Waals surface area contributed by atoms with Gasteiger partial charge in [-0.15, -0.1) is 0 Å². The molecular weight excluding hydrogens is 216 g/mol. The van der Waals surface area contributed by atoms with Crippen molar-refractivity contribution in [2.45, 2.75) is 9.92 Å². The minimum atomic E-state index is -1.29. The monoisotopic (exact) mass is 223 g/mol. The Kier molecular flexibility index (Phi) is 3.25. The maximum absolute atomic E-state index is 12.0. The van der Waals surface area contributed by atoms with Crippen molar-refractivity contribution in [2.75, 3.05) is 0 Å². The first kappa shape index (κ1) is 11.1. The van der Waals surface area contributed by atoms with Crippen molar-refractivity contribution >= 4 is 37.4 Å². The summed E-state index contributed by atoms with van der Waals surface area (Å²) in [4.78, 5) is 4.69. The molecule has 4 radical (unpaired) electrons. The van der Waals surface area contributed by atoms with Gasteiger partial charge in [0.25, 0.3) is 0 Å². The van der Waals surface area contributed by atoms with E-state index in [4.69, 9.17) is 15.7 Å². The summed E-state index contributed by atoms with van der Waals surface area (Å²) in [6, 6.07) is 10.2. The summed E-state index contributed by atoms with van der Waals surface area (Å²) < 4.78 is 12.0. The van der Waals surface area contributed by atoms with Gasteiger partial charge in [-0.05, 0) is 18.2 Å².